The van der Waals surface area contributed by atoms with Crippen molar-refractivity contribution < 1.29 is 0 Å². The molecule has 0 heterocycles. The first kappa shape index (κ1) is 12.6. The average molecular weight is 223 g/mol. The smallest absolute Gasteiger partial charge is 0.0205 e. The van der Waals surface area contributed by atoms with Gasteiger partial charge in [-0.1, -0.05) is 38.1 Å². The van der Waals surface area contributed by atoms with Gasteiger partial charge in [0.25, 0.3) is 0 Å². The van der Waals surface area contributed by atoms with E-state index in [1.165, 1.54) is 11.1 Å². The van der Waals surface area contributed by atoms with Crippen LogP contribution in [0.2, 0.25) is 0 Å². The van der Waals surface area contributed by atoms with E-state index in [9.17, 15) is 0 Å². The highest BCUT2D eigenvalue weighted by Crippen LogP contribution is 2.06. The predicted octanol–water partition coefficient (Wildman–Crippen LogP) is 3.09. The summed E-state index contributed by atoms with van der Waals surface area (Å²) >= 11 is 1.90. The Morgan fingerprint density at radius 2 is 1.80 bits per heavy atom. The Morgan fingerprint density at radius 3 is 2.33 bits per heavy atom. The van der Waals surface area contributed by atoms with Crippen LogP contribution in [-0.4, -0.2) is 18.1 Å². The molecule has 84 valence electrons. The van der Waals surface area contributed by atoms with Gasteiger partial charge in [-0.2, -0.15) is 11.8 Å². The summed E-state index contributed by atoms with van der Waals surface area (Å²) in [4.78, 5) is 0. The molecule has 1 nitrogen and oxygen atoms in total. The van der Waals surface area contributed by atoms with E-state index in [0.717, 1.165) is 19.5 Å². The zero-order chi connectivity index (χ0) is 11.1. The lowest BCUT2D eigenvalue weighted by atomic mass is 10.1. The Morgan fingerprint density at radius 1 is 1.20 bits per heavy atom. The van der Waals surface area contributed by atoms with Crippen molar-refractivity contribution in [3.05, 3.63) is 35.4 Å². The second-order valence-corrected chi connectivity index (χ2v) is 5.12. The van der Waals surface area contributed by atoms with Gasteiger partial charge in [-0.25, -0.2) is 0 Å². The minimum Gasteiger partial charge on any atom is -0.312 e. The van der Waals surface area contributed by atoms with Crippen LogP contribution in [0, 0.1) is 0 Å². The van der Waals surface area contributed by atoms with Crippen molar-refractivity contribution in [2.75, 3.05) is 12.8 Å². The van der Waals surface area contributed by atoms with Crippen LogP contribution in [0.15, 0.2) is 24.3 Å². The van der Waals surface area contributed by atoms with E-state index >= 15 is 0 Å². The van der Waals surface area contributed by atoms with Crippen molar-refractivity contribution in [2.24, 2.45) is 0 Å². The lowest BCUT2D eigenvalue weighted by Crippen LogP contribution is -2.21. The summed E-state index contributed by atoms with van der Waals surface area (Å²) in [6.45, 7) is 6.50. The number of hydrogen-bond acceptors (Lipinski definition) is 2. The van der Waals surface area contributed by atoms with E-state index in [1.54, 1.807) is 0 Å². The summed E-state index contributed by atoms with van der Waals surface area (Å²) in [5, 5.41) is 4.16. The fourth-order valence-electron chi connectivity index (χ4n) is 1.40. The van der Waals surface area contributed by atoms with Crippen LogP contribution in [0.5, 0.6) is 0 Å². The molecule has 0 aliphatic carbocycles. The maximum atomic E-state index is 3.47. The maximum absolute atomic E-state index is 3.47. The van der Waals surface area contributed by atoms with E-state index < -0.39 is 0 Å². The molecule has 1 N–H and O–H groups in total. The molecule has 0 fully saturated rings. The fraction of sp³-hybridized carbons (Fsp3) is 0.538. The van der Waals surface area contributed by atoms with Crippen molar-refractivity contribution in [1.29, 1.82) is 0 Å². The van der Waals surface area contributed by atoms with Gasteiger partial charge in [0.05, 0.1) is 0 Å². The standard InChI is InChI=1S/C13H21NS/c1-4-12-5-7-13(8-6-12)10-14-9-11(2)15-3/h5-8,11,14H,4,9-10H2,1-3H3. The van der Waals surface area contributed by atoms with Gasteiger partial charge in [-0.05, 0) is 23.8 Å². The number of rotatable bonds is 6. The third-order valence-electron chi connectivity index (χ3n) is 2.59. The van der Waals surface area contributed by atoms with E-state index in [-0.39, 0.29) is 0 Å². The van der Waals surface area contributed by atoms with Crippen LogP contribution >= 0.6 is 11.8 Å². The number of benzene rings is 1. The van der Waals surface area contributed by atoms with Crippen LogP contribution in [-0.2, 0) is 13.0 Å². The van der Waals surface area contributed by atoms with Crippen molar-refractivity contribution in [1.82, 2.24) is 5.32 Å². The van der Waals surface area contributed by atoms with E-state index in [0.29, 0.717) is 5.25 Å². The molecule has 1 aromatic rings. The Bertz CT molecular complexity index is 268. The third kappa shape index (κ3) is 4.72. The predicted molar refractivity (Wildman–Crippen MR) is 70.5 cm³/mol. The van der Waals surface area contributed by atoms with Crippen LogP contribution in [0.25, 0.3) is 0 Å². The summed E-state index contributed by atoms with van der Waals surface area (Å²) in [6, 6.07) is 8.87. The summed E-state index contributed by atoms with van der Waals surface area (Å²) in [5.74, 6) is 0. The lowest BCUT2D eigenvalue weighted by molar-refractivity contribution is 0.684. The van der Waals surface area contributed by atoms with Crippen molar-refractivity contribution in [3.8, 4) is 0 Å². The molecule has 0 spiro atoms. The first-order valence-electron chi connectivity index (χ1n) is 5.57. The van der Waals surface area contributed by atoms with Crippen LogP contribution in [0.1, 0.15) is 25.0 Å². The first-order chi connectivity index (χ1) is 7.26. The Labute approximate surface area is 97.7 Å². The van der Waals surface area contributed by atoms with E-state index in [2.05, 4.69) is 49.7 Å². The summed E-state index contributed by atoms with van der Waals surface area (Å²) in [6.07, 6.45) is 3.28. The topological polar surface area (TPSA) is 12.0 Å². The molecule has 1 atom stereocenters. The molecule has 1 unspecified atom stereocenters. The zero-order valence-corrected chi connectivity index (χ0v) is 10.7. The first-order valence-corrected chi connectivity index (χ1v) is 6.86. The molecular weight excluding hydrogens is 202 g/mol. The minimum absolute atomic E-state index is 0.694. The molecule has 15 heavy (non-hydrogen) atoms. The normalized spacial score (nSPS) is 12.7. The Hall–Kier alpha value is -0.470. The van der Waals surface area contributed by atoms with Gasteiger partial charge in [0.15, 0.2) is 0 Å². The molecule has 2 heteroatoms. The molecule has 0 aliphatic rings. The molecule has 0 aliphatic heterocycles. The van der Waals surface area contributed by atoms with Gasteiger partial charge < -0.3 is 5.32 Å². The fourth-order valence-corrected chi connectivity index (χ4v) is 1.68. The second-order valence-electron chi connectivity index (χ2n) is 3.85. The van der Waals surface area contributed by atoms with Gasteiger partial charge >= 0.3 is 0 Å². The lowest BCUT2D eigenvalue weighted by Gasteiger charge is -2.09. The Balaban J connectivity index is 2.31. The van der Waals surface area contributed by atoms with Crippen LogP contribution in [0.4, 0.5) is 0 Å². The SMILES string of the molecule is CCc1ccc(CNCC(C)SC)cc1. The van der Waals surface area contributed by atoms with Crippen molar-refractivity contribution in [3.63, 3.8) is 0 Å². The highest BCUT2D eigenvalue weighted by Gasteiger charge is 1.98. The molecule has 0 amide bonds. The number of thioether (sulfide) groups is 1. The maximum Gasteiger partial charge on any atom is 0.0205 e. The number of nitrogens with one attached hydrogen (secondary N) is 1. The molecule has 0 saturated carbocycles. The number of hydrogen-bond donors (Lipinski definition) is 1. The van der Waals surface area contributed by atoms with Crippen molar-refractivity contribution in [2.45, 2.75) is 32.1 Å². The highest BCUT2D eigenvalue weighted by molar-refractivity contribution is 7.99. The molecule has 1 rings (SSSR count). The molecule has 0 aromatic heterocycles. The zero-order valence-electron chi connectivity index (χ0n) is 9.92. The summed E-state index contributed by atoms with van der Waals surface area (Å²) < 4.78 is 0. The van der Waals surface area contributed by atoms with E-state index in [4.69, 9.17) is 0 Å². The van der Waals surface area contributed by atoms with Crippen LogP contribution in [0.3, 0.4) is 0 Å². The van der Waals surface area contributed by atoms with Gasteiger partial charge in [-0.3, -0.25) is 0 Å². The molecule has 0 radical (unpaired) electrons. The van der Waals surface area contributed by atoms with Gasteiger partial charge in [0.1, 0.15) is 0 Å². The Kier molecular flexibility index (Phi) is 5.81. The quantitative estimate of drug-likeness (QED) is 0.795. The van der Waals surface area contributed by atoms with Gasteiger partial charge in [0.2, 0.25) is 0 Å². The van der Waals surface area contributed by atoms with Crippen molar-refractivity contribution >= 4 is 11.8 Å². The van der Waals surface area contributed by atoms with Gasteiger partial charge in [0, 0.05) is 18.3 Å². The monoisotopic (exact) mass is 223 g/mol. The largest absolute Gasteiger partial charge is 0.312 e. The molecular formula is C13H21NS. The summed E-state index contributed by atoms with van der Waals surface area (Å²) in [5.41, 5.74) is 2.79. The highest BCUT2D eigenvalue weighted by atomic mass is 32.2. The number of aryl methyl sites for hydroxylation is 1. The average Bonchev–Trinajstić information content (AvgIpc) is 2.29. The molecule has 0 saturated heterocycles. The molecule has 1 aromatic carbocycles. The van der Waals surface area contributed by atoms with Gasteiger partial charge in [-0.15, -0.1) is 0 Å². The molecule has 0 bridgehead atoms. The van der Waals surface area contributed by atoms with Crippen LogP contribution < -0.4 is 5.32 Å². The van der Waals surface area contributed by atoms with E-state index in [1.807, 2.05) is 11.8 Å². The minimum atomic E-state index is 0.694. The second kappa shape index (κ2) is 6.91. The summed E-state index contributed by atoms with van der Waals surface area (Å²) in [7, 11) is 0. The third-order valence-corrected chi connectivity index (χ3v) is 3.57.